The van der Waals surface area contributed by atoms with Crippen molar-refractivity contribution in [1.29, 1.82) is 10.8 Å². The predicted octanol–water partition coefficient (Wildman–Crippen LogP) is 7.35. The van der Waals surface area contributed by atoms with Crippen molar-refractivity contribution in [1.82, 2.24) is 0 Å². The summed E-state index contributed by atoms with van der Waals surface area (Å²) >= 11 is 0. The first kappa shape index (κ1) is 23.8. The Bertz CT molecular complexity index is 940. The van der Waals surface area contributed by atoms with Crippen LogP contribution in [0.25, 0.3) is 12.2 Å². The largest absolute Gasteiger partial charge is 0.304 e. The number of hydrogen-bond donors (Lipinski definition) is 2. The number of halogens is 1. The van der Waals surface area contributed by atoms with Crippen molar-refractivity contribution in [2.75, 3.05) is 0 Å². The second-order valence-electron chi connectivity index (χ2n) is 6.99. The van der Waals surface area contributed by atoms with E-state index in [0.29, 0.717) is 11.4 Å². The molecule has 0 amide bonds. The molecule has 156 valence electrons. The van der Waals surface area contributed by atoms with E-state index in [9.17, 15) is 0 Å². The summed E-state index contributed by atoms with van der Waals surface area (Å²) < 4.78 is 0. The third-order valence-electron chi connectivity index (χ3n) is 4.72. The number of allylic oxidation sites excluding steroid dienone is 10. The molecule has 0 aliphatic heterocycles. The summed E-state index contributed by atoms with van der Waals surface area (Å²) in [6.45, 7) is 0. The van der Waals surface area contributed by atoms with Gasteiger partial charge in [-0.05, 0) is 23.3 Å². The molecule has 2 aliphatic rings. The van der Waals surface area contributed by atoms with Crippen LogP contribution < -0.4 is 0 Å². The molecule has 0 aromatic heterocycles. The highest BCUT2D eigenvalue weighted by Crippen LogP contribution is 2.13. The van der Waals surface area contributed by atoms with Crippen LogP contribution in [0.1, 0.15) is 11.1 Å². The van der Waals surface area contributed by atoms with E-state index in [2.05, 4.69) is 48.6 Å². The van der Waals surface area contributed by atoms with E-state index >= 15 is 0 Å². The monoisotopic (exact) mass is 426 g/mol. The summed E-state index contributed by atoms with van der Waals surface area (Å²) in [6.07, 6.45) is 23.7. The summed E-state index contributed by atoms with van der Waals surface area (Å²) in [7, 11) is 0. The molecule has 2 nitrogen and oxygen atoms in total. The van der Waals surface area contributed by atoms with Crippen LogP contribution in [0.5, 0.6) is 0 Å². The van der Waals surface area contributed by atoms with Crippen LogP contribution in [0, 0.1) is 22.7 Å². The van der Waals surface area contributed by atoms with Crippen LogP contribution >= 0.6 is 12.4 Å². The zero-order chi connectivity index (χ0) is 21.0. The van der Waals surface area contributed by atoms with Crippen molar-refractivity contribution in [3.05, 3.63) is 133 Å². The maximum atomic E-state index is 7.72. The van der Waals surface area contributed by atoms with Crippen molar-refractivity contribution in [3.8, 4) is 0 Å². The minimum atomic E-state index is 0. The van der Waals surface area contributed by atoms with Crippen molar-refractivity contribution in [2.24, 2.45) is 11.8 Å². The lowest BCUT2D eigenvalue weighted by Gasteiger charge is -2.08. The van der Waals surface area contributed by atoms with Crippen LogP contribution in [-0.4, -0.2) is 11.4 Å². The third-order valence-corrected chi connectivity index (χ3v) is 4.72. The minimum absolute atomic E-state index is 0. The molecule has 0 saturated carbocycles. The van der Waals surface area contributed by atoms with Gasteiger partial charge in [-0.25, -0.2) is 0 Å². The molecular formula is C28H27ClN2. The van der Waals surface area contributed by atoms with Crippen molar-refractivity contribution >= 4 is 36.0 Å². The second kappa shape index (κ2) is 12.9. The van der Waals surface area contributed by atoms with Gasteiger partial charge in [-0.15, -0.1) is 12.4 Å². The molecule has 31 heavy (non-hydrogen) atoms. The molecule has 2 aromatic rings. The van der Waals surface area contributed by atoms with Gasteiger partial charge in [0.25, 0.3) is 0 Å². The Kier molecular flexibility index (Phi) is 9.93. The van der Waals surface area contributed by atoms with Gasteiger partial charge in [-0.1, -0.05) is 121 Å². The fraction of sp³-hybridized carbons (Fsp3) is 0.0714. The quantitative estimate of drug-likeness (QED) is 0.513. The predicted molar refractivity (Wildman–Crippen MR) is 137 cm³/mol. The lowest BCUT2D eigenvalue weighted by Crippen LogP contribution is -2.07. The maximum absolute atomic E-state index is 7.72. The first-order chi connectivity index (χ1) is 14.7. The number of hydrogen-bond acceptors (Lipinski definition) is 2. The molecule has 4 rings (SSSR count). The van der Waals surface area contributed by atoms with Crippen molar-refractivity contribution in [3.63, 3.8) is 0 Å². The van der Waals surface area contributed by atoms with Gasteiger partial charge in [-0.2, -0.15) is 0 Å². The molecule has 0 fully saturated rings. The van der Waals surface area contributed by atoms with Crippen LogP contribution in [0.2, 0.25) is 0 Å². The summed E-state index contributed by atoms with van der Waals surface area (Å²) in [6, 6.07) is 20.3. The Hall–Kier alpha value is -3.49. The van der Waals surface area contributed by atoms with Gasteiger partial charge in [-0.3, -0.25) is 0 Å². The fourth-order valence-corrected chi connectivity index (χ4v) is 3.01. The molecule has 0 saturated heterocycles. The van der Waals surface area contributed by atoms with E-state index in [0.717, 1.165) is 0 Å². The molecule has 2 aromatic carbocycles. The molecule has 2 N–H and O–H groups in total. The first-order valence-electron chi connectivity index (χ1n) is 10.1. The maximum Gasteiger partial charge on any atom is 0.0420 e. The van der Waals surface area contributed by atoms with E-state index in [1.165, 1.54) is 11.1 Å². The van der Waals surface area contributed by atoms with Crippen molar-refractivity contribution < 1.29 is 0 Å². The molecule has 2 unspecified atom stereocenters. The van der Waals surface area contributed by atoms with E-state index in [-0.39, 0.29) is 24.2 Å². The smallest absolute Gasteiger partial charge is 0.0420 e. The standard InChI is InChI=1S/2C14H13N.ClH/c2*15-14-9-5-4-8-13(14)11-10-12-6-2-1-3-7-12;/h2*1-11,13,15H;1H. The van der Waals surface area contributed by atoms with Gasteiger partial charge < -0.3 is 10.8 Å². The molecule has 0 radical (unpaired) electrons. The van der Waals surface area contributed by atoms with Crippen LogP contribution in [0.4, 0.5) is 0 Å². The number of benzene rings is 2. The number of rotatable bonds is 4. The summed E-state index contributed by atoms with van der Waals surface area (Å²) in [5, 5.41) is 15.4. The van der Waals surface area contributed by atoms with E-state index < -0.39 is 0 Å². The van der Waals surface area contributed by atoms with E-state index in [4.69, 9.17) is 10.8 Å². The lowest BCUT2D eigenvalue weighted by atomic mass is 9.97. The molecule has 2 aliphatic carbocycles. The Balaban J connectivity index is 0.000000213. The summed E-state index contributed by atoms with van der Waals surface area (Å²) in [4.78, 5) is 0. The molecular weight excluding hydrogens is 400 g/mol. The van der Waals surface area contributed by atoms with Gasteiger partial charge in [0.2, 0.25) is 0 Å². The Labute approximate surface area is 191 Å². The molecule has 3 heteroatoms. The van der Waals surface area contributed by atoms with Crippen LogP contribution in [0.15, 0.2) is 121 Å². The van der Waals surface area contributed by atoms with E-state index in [1.54, 1.807) is 0 Å². The Morgan fingerprint density at radius 1 is 0.548 bits per heavy atom. The normalized spacial score (nSPS) is 19.4. The molecule has 0 bridgehead atoms. The van der Waals surface area contributed by atoms with Gasteiger partial charge >= 0.3 is 0 Å². The topological polar surface area (TPSA) is 47.7 Å². The van der Waals surface area contributed by atoms with E-state index in [1.807, 2.05) is 85.0 Å². The lowest BCUT2D eigenvalue weighted by molar-refractivity contribution is 1.12. The molecule has 2 atom stereocenters. The molecule has 0 spiro atoms. The van der Waals surface area contributed by atoms with Gasteiger partial charge in [0.05, 0.1) is 0 Å². The summed E-state index contributed by atoms with van der Waals surface area (Å²) in [5.74, 6) is 0.241. The SMILES string of the molecule is Cl.N=C1C=CC=CC1C=Cc1ccccc1.N=C1C=CC=CC1C=Cc1ccccc1. The number of nitrogens with one attached hydrogen (secondary N) is 2. The van der Waals surface area contributed by atoms with Crippen LogP contribution in [-0.2, 0) is 0 Å². The highest BCUT2D eigenvalue weighted by atomic mass is 35.5. The van der Waals surface area contributed by atoms with Gasteiger partial charge in [0.1, 0.15) is 0 Å². The zero-order valence-electron chi connectivity index (χ0n) is 17.3. The average molecular weight is 427 g/mol. The van der Waals surface area contributed by atoms with Crippen LogP contribution in [0.3, 0.4) is 0 Å². The van der Waals surface area contributed by atoms with Gasteiger partial charge in [0, 0.05) is 23.3 Å². The highest BCUT2D eigenvalue weighted by Gasteiger charge is 2.07. The molecule has 0 heterocycles. The zero-order valence-corrected chi connectivity index (χ0v) is 18.1. The first-order valence-corrected chi connectivity index (χ1v) is 10.1. The fourth-order valence-electron chi connectivity index (χ4n) is 3.01. The van der Waals surface area contributed by atoms with Gasteiger partial charge in [0.15, 0.2) is 0 Å². The minimum Gasteiger partial charge on any atom is -0.304 e. The average Bonchev–Trinajstić information content (AvgIpc) is 2.80. The Morgan fingerprint density at radius 2 is 0.935 bits per heavy atom. The van der Waals surface area contributed by atoms with Crippen molar-refractivity contribution in [2.45, 2.75) is 0 Å². The highest BCUT2D eigenvalue weighted by molar-refractivity contribution is 5.99. The third kappa shape index (κ3) is 8.04. The Morgan fingerprint density at radius 3 is 1.29 bits per heavy atom. The summed E-state index contributed by atoms with van der Waals surface area (Å²) in [5.41, 5.74) is 3.64. The second-order valence-corrected chi connectivity index (χ2v) is 6.99.